The molecule has 0 atom stereocenters. The minimum absolute atomic E-state index is 0.0558. The number of fused-ring (bicyclic) bond motifs is 1. The van der Waals surface area contributed by atoms with Crippen LogP contribution in [0.1, 0.15) is 22.8 Å². The smallest absolute Gasteiger partial charge is 0.256 e. The number of carbonyl (C=O) groups is 2. The maximum Gasteiger partial charge on any atom is 0.256 e. The Hall–Kier alpha value is -3.28. The molecule has 0 radical (unpaired) electrons. The Balaban J connectivity index is 1.67. The lowest BCUT2D eigenvalue weighted by Gasteiger charge is -2.21. The predicted octanol–water partition coefficient (Wildman–Crippen LogP) is 3.15. The van der Waals surface area contributed by atoms with Crippen molar-refractivity contribution in [2.75, 3.05) is 13.1 Å². The molecule has 2 aromatic carbocycles. The minimum atomic E-state index is -0.323. The lowest BCUT2D eigenvalue weighted by Crippen LogP contribution is -2.40. The third-order valence-corrected chi connectivity index (χ3v) is 4.27. The number of benzene rings is 2. The van der Waals surface area contributed by atoms with Gasteiger partial charge in [0.1, 0.15) is 5.82 Å². The molecule has 0 unspecified atom stereocenters. The van der Waals surface area contributed by atoms with Gasteiger partial charge >= 0.3 is 0 Å². The number of aromatic nitrogens is 1. The molecule has 6 heteroatoms. The minimum Gasteiger partial charge on any atom is -0.350 e. The molecule has 1 heterocycles. The van der Waals surface area contributed by atoms with Gasteiger partial charge in [-0.25, -0.2) is 4.39 Å². The molecule has 3 rings (SSSR count). The highest BCUT2D eigenvalue weighted by molar-refractivity contribution is 6.06. The summed E-state index contributed by atoms with van der Waals surface area (Å²) in [5.74, 6) is -0.835. The molecule has 0 fully saturated rings. The molecule has 1 N–H and O–H groups in total. The number of nitrogens with zero attached hydrogens (tertiary/aromatic N) is 2. The van der Waals surface area contributed by atoms with E-state index in [9.17, 15) is 14.0 Å². The van der Waals surface area contributed by atoms with Crippen LogP contribution in [0.2, 0.25) is 0 Å². The van der Waals surface area contributed by atoms with E-state index in [1.807, 2.05) is 25.1 Å². The molecule has 0 saturated heterocycles. The molecule has 0 saturated carbocycles. The zero-order chi connectivity index (χ0) is 19.2. The maximum absolute atomic E-state index is 12.9. The first-order valence-electron chi connectivity index (χ1n) is 8.72. The van der Waals surface area contributed by atoms with Crippen molar-refractivity contribution in [3.05, 3.63) is 77.7 Å². The molecule has 0 aliphatic carbocycles. The fraction of sp³-hybridized carbons (Fsp3) is 0.190. The summed E-state index contributed by atoms with van der Waals surface area (Å²) >= 11 is 0. The van der Waals surface area contributed by atoms with Gasteiger partial charge in [0.15, 0.2) is 0 Å². The molecule has 27 heavy (non-hydrogen) atoms. The third-order valence-electron chi connectivity index (χ3n) is 4.27. The number of carbonyl (C=O) groups excluding carboxylic acids is 2. The molecule has 2 amide bonds. The summed E-state index contributed by atoms with van der Waals surface area (Å²) in [6, 6.07) is 15.0. The van der Waals surface area contributed by atoms with Gasteiger partial charge in [-0.15, -0.1) is 0 Å². The van der Waals surface area contributed by atoms with Crippen LogP contribution in [0.5, 0.6) is 0 Å². The second-order valence-electron chi connectivity index (χ2n) is 6.10. The summed E-state index contributed by atoms with van der Waals surface area (Å²) in [7, 11) is 0. The van der Waals surface area contributed by atoms with Gasteiger partial charge in [-0.1, -0.05) is 30.3 Å². The standard InChI is InChI=1S/C21H20FN3O2/c1-2-25(14-19(26)24-13-15-8-10-17(22)11-9-15)21(27)18-7-3-5-16-6-4-12-23-20(16)18/h3-12H,2,13-14H2,1H3,(H,24,26). The fourth-order valence-electron chi connectivity index (χ4n) is 2.81. The number of rotatable bonds is 6. The first-order chi connectivity index (χ1) is 13.1. The van der Waals surface area contributed by atoms with Gasteiger partial charge in [-0.2, -0.15) is 0 Å². The Labute approximate surface area is 156 Å². The summed E-state index contributed by atoms with van der Waals surface area (Å²) in [6.07, 6.45) is 1.64. The number of pyridine rings is 1. The number of likely N-dealkylation sites (N-methyl/N-ethyl adjacent to an activating group) is 1. The van der Waals surface area contributed by atoms with Crippen LogP contribution in [0.3, 0.4) is 0 Å². The fourth-order valence-corrected chi connectivity index (χ4v) is 2.81. The van der Waals surface area contributed by atoms with Gasteiger partial charge < -0.3 is 10.2 Å². The largest absolute Gasteiger partial charge is 0.350 e. The second-order valence-corrected chi connectivity index (χ2v) is 6.10. The summed E-state index contributed by atoms with van der Waals surface area (Å²) < 4.78 is 12.9. The summed E-state index contributed by atoms with van der Waals surface area (Å²) in [5, 5.41) is 3.63. The first-order valence-corrected chi connectivity index (χ1v) is 8.72. The van der Waals surface area contributed by atoms with Crippen molar-refractivity contribution in [1.29, 1.82) is 0 Å². The van der Waals surface area contributed by atoms with Crippen molar-refractivity contribution in [3.63, 3.8) is 0 Å². The van der Waals surface area contributed by atoms with E-state index in [1.165, 1.54) is 17.0 Å². The first kappa shape index (κ1) is 18.5. The Morgan fingerprint density at radius 3 is 2.56 bits per heavy atom. The summed E-state index contributed by atoms with van der Waals surface area (Å²) in [5.41, 5.74) is 1.88. The Bertz CT molecular complexity index is 952. The number of amides is 2. The summed E-state index contributed by atoms with van der Waals surface area (Å²) in [4.78, 5) is 30.9. The number of halogens is 1. The van der Waals surface area contributed by atoms with Gasteiger partial charge in [0.25, 0.3) is 5.91 Å². The van der Waals surface area contributed by atoms with Gasteiger partial charge in [-0.3, -0.25) is 14.6 Å². The van der Waals surface area contributed by atoms with Crippen molar-refractivity contribution in [1.82, 2.24) is 15.2 Å². The van der Waals surface area contributed by atoms with Crippen LogP contribution < -0.4 is 5.32 Å². The SMILES string of the molecule is CCN(CC(=O)NCc1ccc(F)cc1)C(=O)c1cccc2cccnc12. The van der Waals surface area contributed by atoms with Crippen molar-refractivity contribution >= 4 is 22.7 Å². The van der Waals surface area contributed by atoms with Gasteiger partial charge in [0.05, 0.1) is 17.6 Å². The average molecular weight is 365 g/mol. The van der Waals surface area contributed by atoms with Crippen molar-refractivity contribution < 1.29 is 14.0 Å². The van der Waals surface area contributed by atoms with Gasteiger partial charge in [-0.05, 0) is 36.8 Å². The lowest BCUT2D eigenvalue weighted by atomic mass is 10.1. The zero-order valence-electron chi connectivity index (χ0n) is 15.0. The van der Waals surface area contributed by atoms with Crippen molar-refractivity contribution in [2.45, 2.75) is 13.5 Å². The molecular weight excluding hydrogens is 345 g/mol. The highest BCUT2D eigenvalue weighted by Gasteiger charge is 2.19. The van der Waals surface area contributed by atoms with Crippen molar-refractivity contribution in [3.8, 4) is 0 Å². The van der Waals surface area contributed by atoms with E-state index in [1.54, 1.807) is 30.5 Å². The van der Waals surface area contributed by atoms with Crippen LogP contribution >= 0.6 is 0 Å². The second kappa shape index (κ2) is 8.40. The Morgan fingerprint density at radius 1 is 1.07 bits per heavy atom. The number of nitrogens with one attached hydrogen (secondary N) is 1. The number of hydrogen-bond donors (Lipinski definition) is 1. The Morgan fingerprint density at radius 2 is 1.81 bits per heavy atom. The van der Waals surface area contributed by atoms with Crippen LogP contribution in [-0.2, 0) is 11.3 Å². The molecule has 0 bridgehead atoms. The van der Waals surface area contributed by atoms with E-state index in [2.05, 4.69) is 10.3 Å². The molecule has 0 aliphatic rings. The van der Waals surface area contributed by atoms with E-state index >= 15 is 0 Å². The van der Waals surface area contributed by atoms with E-state index < -0.39 is 0 Å². The molecule has 0 spiro atoms. The number of para-hydroxylation sites is 1. The highest BCUT2D eigenvalue weighted by atomic mass is 19.1. The normalized spacial score (nSPS) is 10.6. The lowest BCUT2D eigenvalue weighted by molar-refractivity contribution is -0.121. The predicted molar refractivity (Wildman–Crippen MR) is 102 cm³/mol. The van der Waals surface area contributed by atoms with E-state index in [-0.39, 0.29) is 30.7 Å². The molecule has 138 valence electrons. The van der Waals surface area contributed by atoms with Crippen LogP contribution in [0.25, 0.3) is 10.9 Å². The van der Waals surface area contributed by atoms with Crippen molar-refractivity contribution in [2.24, 2.45) is 0 Å². The van der Waals surface area contributed by atoms with E-state index in [0.29, 0.717) is 17.6 Å². The number of hydrogen-bond acceptors (Lipinski definition) is 3. The van der Waals surface area contributed by atoms with Gasteiger partial charge in [0, 0.05) is 24.7 Å². The van der Waals surface area contributed by atoms with E-state index in [4.69, 9.17) is 0 Å². The maximum atomic E-state index is 12.9. The van der Waals surface area contributed by atoms with Crippen LogP contribution in [0.15, 0.2) is 60.8 Å². The summed E-state index contributed by atoms with van der Waals surface area (Å²) in [6.45, 7) is 2.44. The zero-order valence-corrected chi connectivity index (χ0v) is 15.0. The molecular formula is C21H20FN3O2. The third kappa shape index (κ3) is 4.47. The topological polar surface area (TPSA) is 62.3 Å². The quantitative estimate of drug-likeness (QED) is 0.730. The monoisotopic (exact) mass is 365 g/mol. The highest BCUT2D eigenvalue weighted by Crippen LogP contribution is 2.17. The van der Waals surface area contributed by atoms with Crippen LogP contribution in [-0.4, -0.2) is 34.8 Å². The van der Waals surface area contributed by atoms with Gasteiger partial charge in [0.2, 0.25) is 5.91 Å². The molecule has 1 aromatic heterocycles. The molecule has 3 aromatic rings. The van der Waals surface area contributed by atoms with Crippen LogP contribution in [0.4, 0.5) is 4.39 Å². The molecule has 0 aliphatic heterocycles. The molecule has 5 nitrogen and oxygen atoms in total. The van der Waals surface area contributed by atoms with E-state index in [0.717, 1.165) is 10.9 Å². The Kier molecular flexibility index (Phi) is 5.76. The van der Waals surface area contributed by atoms with Crippen LogP contribution in [0, 0.1) is 5.82 Å². The average Bonchev–Trinajstić information content (AvgIpc) is 2.70.